The summed E-state index contributed by atoms with van der Waals surface area (Å²) in [5, 5.41) is 14.5. The molecule has 0 bridgehead atoms. The number of hydrogen-bond acceptors (Lipinski definition) is 6. The summed E-state index contributed by atoms with van der Waals surface area (Å²) in [6.07, 6.45) is 0.762. The summed E-state index contributed by atoms with van der Waals surface area (Å²) >= 11 is 0. The minimum absolute atomic E-state index is 0.00335. The summed E-state index contributed by atoms with van der Waals surface area (Å²) in [4.78, 5) is 10.8. The van der Waals surface area contributed by atoms with Crippen molar-refractivity contribution in [3.05, 3.63) is 57.6 Å². The number of benzene rings is 2. The molecule has 0 radical (unpaired) electrons. The quantitative estimate of drug-likeness (QED) is 0.427. The highest BCUT2D eigenvalue weighted by Crippen LogP contribution is 2.30. The predicted octanol–water partition coefficient (Wildman–Crippen LogP) is 2.95. The zero-order valence-corrected chi connectivity index (χ0v) is 14.6. The first kappa shape index (κ1) is 18.5. The minimum Gasteiger partial charge on any atom is -0.493 e. The molecule has 7 heteroatoms. The van der Waals surface area contributed by atoms with Gasteiger partial charge in [-0.25, -0.2) is 0 Å². The van der Waals surface area contributed by atoms with Crippen LogP contribution in [-0.4, -0.2) is 32.8 Å². The summed E-state index contributed by atoms with van der Waals surface area (Å²) in [5.41, 5.74) is 1.69. The van der Waals surface area contributed by atoms with E-state index in [9.17, 15) is 10.1 Å². The molecule has 134 valence electrons. The highest BCUT2D eigenvalue weighted by molar-refractivity contribution is 5.52. The van der Waals surface area contributed by atoms with Crippen molar-refractivity contribution in [3.8, 4) is 17.2 Å². The van der Waals surface area contributed by atoms with Crippen molar-refractivity contribution in [2.75, 3.05) is 27.9 Å². The molecule has 0 aliphatic heterocycles. The number of rotatable bonds is 9. The number of ether oxygens (including phenoxy) is 3. The number of para-hydroxylation sites is 1. The van der Waals surface area contributed by atoms with Crippen LogP contribution in [0.1, 0.15) is 11.1 Å². The zero-order chi connectivity index (χ0) is 18.2. The van der Waals surface area contributed by atoms with Crippen molar-refractivity contribution in [3.63, 3.8) is 0 Å². The number of nitro groups is 1. The normalized spacial score (nSPS) is 10.4. The maximum absolute atomic E-state index is 11.3. The number of methoxy groups -OCH3 is 3. The molecule has 0 spiro atoms. The van der Waals surface area contributed by atoms with Gasteiger partial charge < -0.3 is 19.5 Å². The van der Waals surface area contributed by atoms with Gasteiger partial charge in [0.2, 0.25) is 0 Å². The molecule has 7 nitrogen and oxygen atoms in total. The van der Waals surface area contributed by atoms with Crippen molar-refractivity contribution >= 4 is 5.69 Å². The Hall–Kier alpha value is -2.80. The Balaban J connectivity index is 1.97. The summed E-state index contributed by atoms with van der Waals surface area (Å²) in [6, 6.07) is 10.8. The van der Waals surface area contributed by atoms with Gasteiger partial charge in [0.05, 0.1) is 26.3 Å². The lowest BCUT2D eigenvalue weighted by Crippen LogP contribution is -2.17. The molecule has 0 unspecified atom stereocenters. The zero-order valence-electron chi connectivity index (χ0n) is 14.6. The largest absolute Gasteiger partial charge is 0.493 e. The highest BCUT2D eigenvalue weighted by atomic mass is 16.6. The van der Waals surface area contributed by atoms with E-state index in [1.165, 1.54) is 7.11 Å². The molecule has 2 aromatic carbocycles. The Morgan fingerprint density at radius 2 is 1.72 bits per heavy atom. The van der Waals surface area contributed by atoms with Crippen molar-refractivity contribution in [2.45, 2.75) is 13.0 Å². The second-order valence-electron chi connectivity index (χ2n) is 5.34. The first-order chi connectivity index (χ1) is 12.1. The second kappa shape index (κ2) is 8.89. The van der Waals surface area contributed by atoms with E-state index in [1.54, 1.807) is 32.4 Å². The fourth-order valence-corrected chi connectivity index (χ4v) is 2.57. The van der Waals surface area contributed by atoms with Crippen molar-refractivity contribution in [2.24, 2.45) is 0 Å². The fraction of sp³-hybridized carbons (Fsp3) is 0.333. The van der Waals surface area contributed by atoms with Gasteiger partial charge in [-0.1, -0.05) is 18.2 Å². The molecular formula is C18H22N2O5. The second-order valence-corrected chi connectivity index (χ2v) is 5.34. The SMILES string of the molecule is COc1ccc(CCNCc2cccc(OC)c2[N+](=O)[O-])cc1OC. The van der Waals surface area contributed by atoms with Crippen LogP contribution in [0.4, 0.5) is 5.69 Å². The molecule has 0 amide bonds. The number of nitro benzene ring substituents is 1. The van der Waals surface area contributed by atoms with E-state index in [-0.39, 0.29) is 11.4 Å². The number of nitrogens with one attached hydrogen (secondary N) is 1. The van der Waals surface area contributed by atoms with E-state index in [2.05, 4.69) is 5.32 Å². The molecule has 0 fully saturated rings. The lowest BCUT2D eigenvalue weighted by atomic mass is 10.1. The van der Waals surface area contributed by atoms with Gasteiger partial charge in [-0.3, -0.25) is 10.1 Å². The van der Waals surface area contributed by atoms with Gasteiger partial charge in [0.15, 0.2) is 17.2 Å². The third kappa shape index (κ3) is 4.60. The molecular weight excluding hydrogens is 324 g/mol. The average Bonchev–Trinajstić information content (AvgIpc) is 2.64. The summed E-state index contributed by atoms with van der Waals surface area (Å²) in [6.45, 7) is 1.06. The van der Waals surface area contributed by atoms with Crippen LogP contribution in [-0.2, 0) is 13.0 Å². The molecule has 2 aromatic rings. The first-order valence-corrected chi connectivity index (χ1v) is 7.82. The maximum atomic E-state index is 11.3. The lowest BCUT2D eigenvalue weighted by molar-refractivity contribution is -0.386. The van der Waals surface area contributed by atoms with Gasteiger partial charge in [0.25, 0.3) is 0 Å². The van der Waals surface area contributed by atoms with E-state index in [0.29, 0.717) is 30.2 Å². The third-order valence-corrected chi connectivity index (χ3v) is 3.84. The standard InChI is InChI=1S/C18H22N2O5/c1-23-15-8-7-13(11-17(15)25-3)9-10-19-12-14-5-4-6-16(24-2)18(14)20(21)22/h4-8,11,19H,9-10,12H2,1-3H3. The van der Waals surface area contributed by atoms with Crippen LogP contribution in [0.15, 0.2) is 36.4 Å². The van der Waals surface area contributed by atoms with E-state index in [0.717, 1.165) is 12.0 Å². The summed E-state index contributed by atoms with van der Waals surface area (Å²) in [7, 11) is 4.62. The van der Waals surface area contributed by atoms with Gasteiger partial charge in [-0.05, 0) is 36.7 Å². The smallest absolute Gasteiger partial charge is 0.315 e. The molecule has 25 heavy (non-hydrogen) atoms. The van der Waals surface area contributed by atoms with Crippen molar-refractivity contribution in [1.29, 1.82) is 0 Å². The predicted molar refractivity (Wildman–Crippen MR) is 94.6 cm³/mol. The Kier molecular flexibility index (Phi) is 6.59. The van der Waals surface area contributed by atoms with Gasteiger partial charge in [-0.2, -0.15) is 0 Å². The highest BCUT2D eigenvalue weighted by Gasteiger charge is 2.19. The number of hydrogen-bond donors (Lipinski definition) is 1. The maximum Gasteiger partial charge on any atom is 0.315 e. The van der Waals surface area contributed by atoms with E-state index < -0.39 is 4.92 Å². The van der Waals surface area contributed by atoms with Crippen molar-refractivity contribution < 1.29 is 19.1 Å². The third-order valence-electron chi connectivity index (χ3n) is 3.84. The van der Waals surface area contributed by atoms with E-state index in [4.69, 9.17) is 14.2 Å². The Bertz CT molecular complexity index is 733. The average molecular weight is 346 g/mol. The van der Waals surface area contributed by atoms with Crippen LogP contribution in [0.3, 0.4) is 0 Å². The van der Waals surface area contributed by atoms with Gasteiger partial charge in [-0.15, -0.1) is 0 Å². The Morgan fingerprint density at radius 3 is 2.36 bits per heavy atom. The topological polar surface area (TPSA) is 82.9 Å². The Labute approximate surface area is 146 Å². The molecule has 0 heterocycles. The molecule has 0 saturated heterocycles. The van der Waals surface area contributed by atoms with Crippen LogP contribution in [0.2, 0.25) is 0 Å². The first-order valence-electron chi connectivity index (χ1n) is 7.82. The van der Waals surface area contributed by atoms with Crippen LogP contribution < -0.4 is 19.5 Å². The molecule has 0 saturated carbocycles. The molecule has 0 aliphatic carbocycles. The van der Waals surface area contributed by atoms with E-state index >= 15 is 0 Å². The molecule has 0 atom stereocenters. The van der Waals surface area contributed by atoms with Crippen LogP contribution >= 0.6 is 0 Å². The fourth-order valence-electron chi connectivity index (χ4n) is 2.57. The van der Waals surface area contributed by atoms with Gasteiger partial charge in [0.1, 0.15) is 0 Å². The molecule has 2 rings (SSSR count). The van der Waals surface area contributed by atoms with E-state index in [1.807, 2.05) is 18.2 Å². The summed E-state index contributed by atoms with van der Waals surface area (Å²) in [5.74, 6) is 1.64. The summed E-state index contributed by atoms with van der Waals surface area (Å²) < 4.78 is 15.6. The minimum atomic E-state index is -0.413. The van der Waals surface area contributed by atoms with Crippen LogP contribution in [0, 0.1) is 10.1 Å². The van der Waals surface area contributed by atoms with Crippen molar-refractivity contribution in [1.82, 2.24) is 5.32 Å². The molecule has 1 N–H and O–H groups in total. The van der Waals surface area contributed by atoms with Gasteiger partial charge >= 0.3 is 5.69 Å². The monoisotopic (exact) mass is 346 g/mol. The lowest BCUT2D eigenvalue weighted by Gasteiger charge is -2.11. The Morgan fingerprint density at radius 1 is 1.00 bits per heavy atom. The van der Waals surface area contributed by atoms with Crippen LogP contribution in [0.25, 0.3) is 0 Å². The molecule has 0 aromatic heterocycles. The molecule has 0 aliphatic rings. The van der Waals surface area contributed by atoms with Gasteiger partial charge in [0, 0.05) is 12.1 Å². The van der Waals surface area contributed by atoms with Crippen LogP contribution in [0.5, 0.6) is 17.2 Å². The number of nitrogens with zero attached hydrogens (tertiary/aromatic N) is 1.